The maximum absolute atomic E-state index is 12.4. The second-order valence-corrected chi connectivity index (χ2v) is 6.52. The van der Waals surface area contributed by atoms with Crippen molar-refractivity contribution in [1.29, 1.82) is 0 Å². The van der Waals surface area contributed by atoms with Crippen LogP contribution in [0.2, 0.25) is 5.02 Å². The average molecular weight is 405 g/mol. The van der Waals surface area contributed by atoms with Crippen LogP contribution in [-0.2, 0) is 4.79 Å². The summed E-state index contributed by atoms with van der Waals surface area (Å²) in [7, 11) is 1.54. The second-order valence-electron chi connectivity index (χ2n) is 6.12. The molecular weight excluding hydrogens is 384 g/mol. The number of hydrogen-bond donors (Lipinski definition) is 3. The van der Waals surface area contributed by atoms with Crippen LogP contribution in [0, 0.1) is 0 Å². The van der Waals surface area contributed by atoms with Crippen molar-refractivity contribution < 1.29 is 14.3 Å². The number of anilines is 2. The zero-order chi connectivity index (χ0) is 19.9. The normalized spacial score (nSPS) is 13.1. The maximum Gasteiger partial charge on any atom is 0.290 e. The number of carbonyl (C=O) groups excluding carboxylic acids is 2. The van der Waals surface area contributed by atoms with Crippen molar-refractivity contribution in [2.75, 3.05) is 37.0 Å². The highest BCUT2D eigenvalue weighted by Gasteiger charge is 2.20. The first-order valence-corrected chi connectivity index (χ1v) is 9.20. The van der Waals surface area contributed by atoms with E-state index < -0.39 is 11.8 Å². The summed E-state index contributed by atoms with van der Waals surface area (Å²) in [6, 6.07) is 7.20. The van der Waals surface area contributed by atoms with Crippen molar-refractivity contribution in [2.24, 2.45) is 0 Å². The Morgan fingerprint density at radius 2 is 1.96 bits per heavy atom. The first-order chi connectivity index (χ1) is 13.6. The van der Waals surface area contributed by atoms with E-state index >= 15 is 0 Å². The molecule has 9 nitrogen and oxygen atoms in total. The molecule has 1 aromatic carbocycles. The van der Waals surface area contributed by atoms with E-state index in [0.717, 1.165) is 25.9 Å². The lowest BCUT2D eigenvalue weighted by Crippen LogP contribution is -2.44. The van der Waals surface area contributed by atoms with Gasteiger partial charge in [0.25, 0.3) is 11.8 Å². The number of amides is 2. The van der Waals surface area contributed by atoms with Crippen molar-refractivity contribution in [1.82, 2.24) is 20.8 Å². The van der Waals surface area contributed by atoms with Gasteiger partial charge in [0, 0.05) is 13.1 Å². The van der Waals surface area contributed by atoms with Gasteiger partial charge < -0.3 is 15.0 Å². The topological polar surface area (TPSA) is 108 Å². The van der Waals surface area contributed by atoms with Crippen molar-refractivity contribution >= 4 is 35.1 Å². The predicted molar refractivity (Wildman–Crippen MR) is 106 cm³/mol. The molecule has 1 aromatic heterocycles. The Labute approximate surface area is 167 Å². The molecule has 1 aliphatic heterocycles. The summed E-state index contributed by atoms with van der Waals surface area (Å²) in [5.41, 5.74) is 5.33. The molecule has 0 unspecified atom stereocenters. The molecule has 28 heavy (non-hydrogen) atoms. The number of halogens is 1. The fraction of sp³-hybridized carbons (Fsp3) is 0.333. The third kappa shape index (κ3) is 4.80. The summed E-state index contributed by atoms with van der Waals surface area (Å²) in [5.74, 6) is 0.0143. The molecule has 0 atom stereocenters. The number of carbonyl (C=O) groups is 2. The minimum atomic E-state index is -0.613. The minimum absolute atomic E-state index is 0.0107. The average Bonchev–Trinajstić information content (AvgIpc) is 3.26. The number of hydrazine groups is 1. The third-order valence-corrected chi connectivity index (χ3v) is 4.47. The molecule has 0 bridgehead atoms. The van der Waals surface area contributed by atoms with Crippen molar-refractivity contribution in [3.63, 3.8) is 0 Å². The van der Waals surface area contributed by atoms with E-state index in [9.17, 15) is 9.59 Å². The van der Waals surface area contributed by atoms with Crippen LogP contribution in [-0.4, -0.2) is 48.5 Å². The molecule has 0 radical (unpaired) electrons. The summed E-state index contributed by atoms with van der Waals surface area (Å²) < 4.78 is 5.20. The fourth-order valence-electron chi connectivity index (χ4n) is 2.78. The highest BCUT2D eigenvalue weighted by molar-refractivity contribution is 6.33. The highest BCUT2D eigenvalue weighted by Crippen LogP contribution is 2.22. The molecule has 148 valence electrons. The van der Waals surface area contributed by atoms with Crippen LogP contribution in [0.4, 0.5) is 11.6 Å². The van der Waals surface area contributed by atoms with Gasteiger partial charge in [-0.15, -0.1) is 0 Å². The number of rotatable bonds is 6. The summed E-state index contributed by atoms with van der Waals surface area (Å²) >= 11 is 6.04. The minimum Gasteiger partial charge on any atom is -0.495 e. The molecule has 0 spiro atoms. The van der Waals surface area contributed by atoms with Gasteiger partial charge in [-0.3, -0.25) is 20.4 Å². The largest absolute Gasteiger partial charge is 0.495 e. The van der Waals surface area contributed by atoms with Gasteiger partial charge in [-0.05, 0) is 25.0 Å². The molecule has 1 aliphatic rings. The Balaban J connectivity index is 1.54. The van der Waals surface area contributed by atoms with E-state index in [1.54, 1.807) is 19.2 Å². The summed E-state index contributed by atoms with van der Waals surface area (Å²) in [4.78, 5) is 34.8. The molecule has 2 heterocycles. The number of aromatic nitrogens is 2. The van der Waals surface area contributed by atoms with Gasteiger partial charge in [-0.2, -0.15) is 0 Å². The first-order valence-electron chi connectivity index (χ1n) is 8.82. The van der Waals surface area contributed by atoms with Gasteiger partial charge >= 0.3 is 0 Å². The Morgan fingerprint density at radius 3 is 2.71 bits per heavy atom. The molecule has 0 saturated carbocycles. The number of hydrogen-bond acceptors (Lipinski definition) is 7. The Bertz CT molecular complexity index is 857. The van der Waals surface area contributed by atoms with Crippen LogP contribution in [0.15, 0.2) is 30.5 Å². The van der Waals surface area contributed by atoms with Crippen LogP contribution in [0.1, 0.15) is 23.3 Å². The molecule has 3 rings (SSSR count). The van der Waals surface area contributed by atoms with E-state index in [1.807, 2.05) is 17.0 Å². The lowest BCUT2D eigenvalue weighted by Gasteiger charge is -2.16. The Kier molecular flexibility index (Phi) is 6.49. The predicted octanol–water partition coefficient (Wildman–Crippen LogP) is 1.61. The van der Waals surface area contributed by atoms with Crippen LogP contribution in [0.3, 0.4) is 0 Å². The first kappa shape index (κ1) is 19.7. The molecule has 2 aromatic rings. The number of methoxy groups -OCH3 is 1. The van der Waals surface area contributed by atoms with Crippen LogP contribution in [0.5, 0.6) is 5.75 Å². The van der Waals surface area contributed by atoms with Gasteiger partial charge in [0.1, 0.15) is 5.75 Å². The SMILES string of the molecule is COc1ccccc1NCC(=O)NNC(=O)c1nc(N2CCCC2)ncc1Cl. The Hall–Kier alpha value is -3.07. The van der Waals surface area contributed by atoms with Crippen molar-refractivity contribution in [3.8, 4) is 5.75 Å². The number of nitrogens with zero attached hydrogens (tertiary/aromatic N) is 3. The van der Waals surface area contributed by atoms with E-state index in [0.29, 0.717) is 17.4 Å². The van der Waals surface area contributed by atoms with Gasteiger partial charge in [0.15, 0.2) is 5.69 Å². The maximum atomic E-state index is 12.4. The molecule has 1 fully saturated rings. The molecular formula is C18H21ClN6O3. The zero-order valence-corrected chi connectivity index (χ0v) is 16.1. The van der Waals surface area contributed by atoms with E-state index in [1.165, 1.54) is 6.20 Å². The summed E-state index contributed by atoms with van der Waals surface area (Å²) in [5, 5.41) is 3.05. The standard InChI is InChI=1S/C18H21ClN6O3/c1-28-14-7-3-2-6-13(14)20-11-15(26)23-24-17(27)16-12(19)10-21-18(22-16)25-8-4-5-9-25/h2-3,6-7,10,20H,4-5,8-9,11H2,1H3,(H,23,26)(H,24,27). The molecule has 1 saturated heterocycles. The molecule has 3 N–H and O–H groups in total. The van der Waals surface area contributed by atoms with Gasteiger partial charge in [-0.1, -0.05) is 23.7 Å². The van der Waals surface area contributed by atoms with Crippen LogP contribution < -0.4 is 25.8 Å². The van der Waals surface area contributed by atoms with Gasteiger partial charge in [-0.25, -0.2) is 9.97 Å². The van der Waals surface area contributed by atoms with Gasteiger partial charge in [0.2, 0.25) is 5.95 Å². The van der Waals surface area contributed by atoms with E-state index in [2.05, 4.69) is 26.1 Å². The number of ether oxygens (including phenoxy) is 1. The monoisotopic (exact) mass is 404 g/mol. The second kappa shape index (κ2) is 9.23. The van der Waals surface area contributed by atoms with E-state index in [-0.39, 0.29) is 17.3 Å². The summed E-state index contributed by atoms with van der Waals surface area (Å²) in [6.45, 7) is 1.62. The van der Waals surface area contributed by atoms with Gasteiger partial charge in [0.05, 0.1) is 30.6 Å². The van der Waals surface area contributed by atoms with Crippen molar-refractivity contribution in [2.45, 2.75) is 12.8 Å². The fourth-order valence-corrected chi connectivity index (χ4v) is 2.96. The Morgan fingerprint density at radius 1 is 1.21 bits per heavy atom. The lowest BCUT2D eigenvalue weighted by molar-refractivity contribution is -0.120. The van der Waals surface area contributed by atoms with Crippen molar-refractivity contribution in [3.05, 3.63) is 41.2 Å². The number of para-hydroxylation sites is 2. The van der Waals surface area contributed by atoms with Crippen LogP contribution >= 0.6 is 11.6 Å². The molecule has 10 heteroatoms. The van der Waals surface area contributed by atoms with Crippen LogP contribution in [0.25, 0.3) is 0 Å². The van der Waals surface area contributed by atoms with E-state index in [4.69, 9.17) is 16.3 Å². The smallest absolute Gasteiger partial charge is 0.290 e. The lowest BCUT2D eigenvalue weighted by atomic mass is 10.3. The molecule has 2 amide bonds. The number of benzene rings is 1. The zero-order valence-electron chi connectivity index (χ0n) is 15.4. The summed E-state index contributed by atoms with van der Waals surface area (Å²) in [6.07, 6.45) is 3.51. The highest BCUT2D eigenvalue weighted by atomic mass is 35.5. The third-order valence-electron chi connectivity index (χ3n) is 4.20. The number of nitrogens with one attached hydrogen (secondary N) is 3. The molecule has 0 aliphatic carbocycles. The quantitative estimate of drug-likeness (QED) is 0.627.